The van der Waals surface area contributed by atoms with Gasteiger partial charge in [0.25, 0.3) is 11.8 Å². The van der Waals surface area contributed by atoms with Gasteiger partial charge < -0.3 is 34.7 Å². The Hall–Kier alpha value is -9.41. The average molecular weight is 964 g/mol. The number of carbonyl (C=O) groups excluding carboxylic acids is 2. The Morgan fingerprint density at radius 3 is 1.23 bits per heavy atom. The zero-order chi connectivity index (χ0) is 51.3. The third kappa shape index (κ3) is 10.7. The molecule has 0 fully saturated rings. The molecule has 0 aliphatic rings. The van der Waals surface area contributed by atoms with E-state index in [0.717, 1.165) is 100 Å². The summed E-state index contributed by atoms with van der Waals surface area (Å²) in [5.41, 5.74) is 20.1. The van der Waals surface area contributed by atoms with Gasteiger partial charge in [0.15, 0.2) is 0 Å². The van der Waals surface area contributed by atoms with Crippen molar-refractivity contribution in [2.24, 2.45) is 0 Å². The van der Waals surface area contributed by atoms with Gasteiger partial charge in [0.05, 0.1) is 11.3 Å². The van der Waals surface area contributed by atoms with Gasteiger partial charge in [-0.15, -0.1) is 0 Å². The molecule has 0 spiro atoms. The molecule has 11 aromatic rings. The topological polar surface area (TPSA) is 161 Å². The highest BCUT2D eigenvalue weighted by atomic mass is 16.4. The highest BCUT2D eigenvalue weighted by molar-refractivity contribution is 6.09. The Balaban J connectivity index is 0.000000139. The number of nitrogens with one attached hydrogen (secondary N) is 2. The number of anilines is 3. The molecule has 10 nitrogen and oxygen atoms in total. The molecule has 2 amide bonds. The summed E-state index contributed by atoms with van der Waals surface area (Å²) in [4.78, 5) is 37.3. The molecule has 11 rings (SSSR count). The zero-order valence-corrected chi connectivity index (χ0v) is 41.3. The molecule has 3 aromatic heterocycles. The van der Waals surface area contributed by atoms with E-state index >= 15 is 0 Å². The van der Waals surface area contributed by atoms with Crippen molar-refractivity contribution >= 4 is 67.8 Å². The van der Waals surface area contributed by atoms with Gasteiger partial charge >= 0.3 is 5.97 Å². The van der Waals surface area contributed by atoms with Crippen LogP contribution in [0.5, 0.6) is 0 Å². The van der Waals surface area contributed by atoms with Gasteiger partial charge in [0, 0.05) is 55.4 Å². The first-order valence-corrected chi connectivity index (χ1v) is 23.8. The van der Waals surface area contributed by atoms with Crippen molar-refractivity contribution < 1.29 is 32.7 Å². The van der Waals surface area contributed by atoms with Gasteiger partial charge in [-0.2, -0.15) is 0 Å². The molecule has 5 N–H and O–H groups in total. The molecule has 0 aliphatic carbocycles. The van der Waals surface area contributed by atoms with Crippen LogP contribution in [0.15, 0.2) is 195 Å². The number of aryl methyl sites for hydroxylation is 4. The maximum atomic E-state index is 12.8. The number of furan rings is 3. The van der Waals surface area contributed by atoms with Gasteiger partial charge in [-0.1, -0.05) is 109 Å². The van der Waals surface area contributed by atoms with Crippen LogP contribution in [-0.2, 0) is 0 Å². The smallest absolute Gasteiger partial charge is 0.337 e. The fraction of sp³-hybridized carbons (Fsp3) is 0.0952. The summed E-state index contributed by atoms with van der Waals surface area (Å²) < 4.78 is 17.6. The van der Waals surface area contributed by atoms with E-state index in [1.807, 2.05) is 193 Å². The number of rotatable bonds is 8. The molecule has 0 radical (unpaired) electrons. The zero-order valence-electron chi connectivity index (χ0n) is 41.3. The summed E-state index contributed by atoms with van der Waals surface area (Å²) in [7, 11) is 0. The highest BCUT2D eigenvalue weighted by Crippen LogP contribution is 2.34. The van der Waals surface area contributed by atoms with E-state index < -0.39 is 5.97 Å². The van der Waals surface area contributed by atoms with Gasteiger partial charge in [0.1, 0.15) is 34.0 Å². The summed E-state index contributed by atoms with van der Waals surface area (Å²) in [6, 6.07) is 57.5. The Morgan fingerprint density at radius 1 is 0.397 bits per heavy atom. The molecule has 10 heteroatoms. The SMILES string of the molecule is Cc1ccc(-c2cc3ccccc3o2)cc1N.Cc1ccc(-c2cc3ccccc3o2)cc1NC(=O)c1cccc(C)c1C.Cc1cccc(C(=O)Nc2cc(-c3cc4ccccc4o3)ccc2C(=O)O)c1C. The lowest BCUT2D eigenvalue weighted by molar-refractivity contribution is 0.0697. The molecule has 73 heavy (non-hydrogen) atoms. The van der Waals surface area contributed by atoms with Crippen LogP contribution in [0.2, 0.25) is 0 Å². The van der Waals surface area contributed by atoms with Crippen molar-refractivity contribution in [1.82, 2.24) is 0 Å². The lowest BCUT2D eigenvalue weighted by atomic mass is 10.0. The maximum absolute atomic E-state index is 12.8. The number of aromatic carboxylic acids is 1. The molecular weight excluding hydrogens is 911 g/mol. The summed E-state index contributed by atoms with van der Waals surface area (Å²) in [5.74, 6) is 0.690. The number of hydrogen-bond donors (Lipinski definition) is 4. The first kappa shape index (κ1) is 48.6. The number of nitrogen functional groups attached to an aromatic ring is 1. The Labute approximate surface area is 422 Å². The fourth-order valence-electron chi connectivity index (χ4n) is 8.44. The summed E-state index contributed by atoms with van der Waals surface area (Å²) in [6.45, 7) is 11.8. The number of benzene rings is 8. The summed E-state index contributed by atoms with van der Waals surface area (Å²) in [6.07, 6.45) is 0. The van der Waals surface area contributed by atoms with E-state index in [2.05, 4.69) is 10.6 Å². The van der Waals surface area contributed by atoms with Gasteiger partial charge in [-0.05, 0) is 148 Å². The maximum Gasteiger partial charge on any atom is 0.337 e. The standard InChI is InChI=1S/C24H19NO4.C24H21NO2.C15H13NO/c1-14-6-5-8-18(15(14)2)23(26)25-20-12-17(10-11-19(20)24(27)28)22-13-16-7-3-4-9-21(16)29-22;1-15-7-6-9-20(17(15)3)24(26)25-21-13-19(12-11-16(21)2)23-14-18-8-4-5-10-22(18)27-23;1-10-6-7-12(8-13(10)16)15-9-11-4-2-3-5-14(11)17-15/h3-13H,1-2H3,(H,25,26)(H,27,28);4-14H,1-3H3,(H,25,26);2-9H,16H2,1H3. The molecule has 0 saturated carbocycles. The van der Waals surface area contributed by atoms with E-state index in [1.165, 1.54) is 6.07 Å². The number of fused-ring (bicyclic) bond motifs is 3. The van der Waals surface area contributed by atoms with Crippen LogP contribution in [0.4, 0.5) is 17.1 Å². The van der Waals surface area contributed by atoms with Crippen LogP contribution in [0, 0.1) is 41.5 Å². The molecule has 0 unspecified atom stereocenters. The van der Waals surface area contributed by atoms with Crippen LogP contribution < -0.4 is 16.4 Å². The summed E-state index contributed by atoms with van der Waals surface area (Å²) in [5, 5.41) is 18.5. The molecule has 0 bridgehead atoms. The minimum Gasteiger partial charge on any atom is -0.478 e. The van der Waals surface area contributed by atoms with Crippen molar-refractivity contribution in [1.29, 1.82) is 0 Å². The predicted molar refractivity (Wildman–Crippen MR) is 294 cm³/mol. The molecule has 8 aromatic carbocycles. The first-order valence-electron chi connectivity index (χ1n) is 23.8. The van der Waals surface area contributed by atoms with E-state index in [0.29, 0.717) is 22.5 Å². The second-order valence-corrected chi connectivity index (χ2v) is 18.0. The van der Waals surface area contributed by atoms with Crippen LogP contribution >= 0.6 is 0 Å². The van der Waals surface area contributed by atoms with Crippen LogP contribution in [0.3, 0.4) is 0 Å². The monoisotopic (exact) mass is 963 g/mol. The molecular formula is C63H53N3O7. The van der Waals surface area contributed by atoms with Gasteiger partial charge in [-0.25, -0.2) is 4.79 Å². The van der Waals surface area contributed by atoms with Gasteiger partial charge in [0.2, 0.25) is 0 Å². The minimum absolute atomic E-state index is 0.0171. The Bertz CT molecular complexity index is 3770. The number of para-hydroxylation sites is 3. The third-order valence-electron chi connectivity index (χ3n) is 13.1. The predicted octanol–water partition coefficient (Wildman–Crippen LogP) is 15.9. The number of nitrogens with two attached hydrogens (primary N) is 1. The quantitative estimate of drug-likeness (QED) is 0.109. The fourth-order valence-corrected chi connectivity index (χ4v) is 8.44. The Morgan fingerprint density at radius 2 is 0.795 bits per heavy atom. The van der Waals surface area contributed by atoms with Crippen molar-refractivity contribution in [2.45, 2.75) is 41.5 Å². The number of carboxylic acids is 1. The number of amides is 2. The molecule has 0 saturated heterocycles. The summed E-state index contributed by atoms with van der Waals surface area (Å²) >= 11 is 0. The number of carbonyl (C=O) groups is 3. The van der Waals surface area contributed by atoms with E-state index in [-0.39, 0.29) is 23.1 Å². The largest absolute Gasteiger partial charge is 0.478 e. The lowest BCUT2D eigenvalue weighted by Gasteiger charge is -2.12. The normalized spacial score (nSPS) is 10.9. The molecule has 3 heterocycles. The van der Waals surface area contributed by atoms with Crippen LogP contribution in [-0.4, -0.2) is 22.9 Å². The highest BCUT2D eigenvalue weighted by Gasteiger charge is 2.19. The van der Waals surface area contributed by atoms with Crippen LogP contribution in [0.25, 0.3) is 66.9 Å². The van der Waals surface area contributed by atoms with Crippen LogP contribution in [0.1, 0.15) is 64.5 Å². The Kier molecular flexibility index (Phi) is 13.9. The third-order valence-corrected chi connectivity index (χ3v) is 13.1. The van der Waals surface area contributed by atoms with Crippen molar-refractivity contribution in [3.8, 4) is 34.0 Å². The number of carboxylic acid groups (broad SMARTS) is 1. The minimum atomic E-state index is -1.11. The van der Waals surface area contributed by atoms with Gasteiger partial charge in [-0.3, -0.25) is 9.59 Å². The first-order chi connectivity index (χ1) is 35.2. The molecule has 0 atom stereocenters. The second kappa shape index (κ2) is 20.9. The second-order valence-electron chi connectivity index (χ2n) is 18.0. The van der Waals surface area contributed by atoms with E-state index in [1.54, 1.807) is 24.3 Å². The van der Waals surface area contributed by atoms with E-state index in [4.69, 9.17) is 19.0 Å². The lowest BCUT2D eigenvalue weighted by Crippen LogP contribution is -2.16. The molecule has 362 valence electrons. The van der Waals surface area contributed by atoms with E-state index in [9.17, 15) is 19.5 Å². The molecule has 0 aliphatic heterocycles. The van der Waals surface area contributed by atoms with Crippen molar-refractivity contribution in [2.75, 3.05) is 16.4 Å². The number of hydrogen-bond acceptors (Lipinski definition) is 7. The van der Waals surface area contributed by atoms with Crippen molar-refractivity contribution in [3.05, 3.63) is 232 Å². The van der Waals surface area contributed by atoms with Crippen molar-refractivity contribution in [3.63, 3.8) is 0 Å². The average Bonchev–Trinajstić information content (AvgIpc) is 4.15.